The summed E-state index contributed by atoms with van der Waals surface area (Å²) in [5, 5.41) is 0. The van der Waals surface area contributed by atoms with Crippen LogP contribution >= 0.6 is 0 Å². The molecule has 0 saturated heterocycles. The second-order valence-electron chi connectivity index (χ2n) is 4.25. The molecule has 0 rings (SSSR count). The molecule has 0 aromatic rings. The summed E-state index contributed by atoms with van der Waals surface area (Å²) in [5.74, 6) is 0. The Bertz CT molecular complexity index is 125. The van der Waals surface area contributed by atoms with Gasteiger partial charge >= 0.3 is 9.28 Å². The summed E-state index contributed by atoms with van der Waals surface area (Å²) in [6.07, 6.45) is 9.59. The van der Waals surface area contributed by atoms with Crippen molar-refractivity contribution >= 4 is 9.28 Å². The zero-order chi connectivity index (χ0) is 12.1. The van der Waals surface area contributed by atoms with Gasteiger partial charge in [0.25, 0.3) is 0 Å². The van der Waals surface area contributed by atoms with Crippen LogP contribution in [0.25, 0.3) is 0 Å². The molecule has 0 bridgehead atoms. The summed E-state index contributed by atoms with van der Waals surface area (Å²) in [4.78, 5) is 0. The van der Waals surface area contributed by atoms with Crippen LogP contribution in [0.2, 0.25) is 6.04 Å². The summed E-state index contributed by atoms with van der Waals surface area (Å²) in [5.41, 5.74) is 0. The molecular weight excluding hydrogens is 216 g/mol. The Morgan fingerprint density at radius 3 is 1.69 bits per heavy atom. The van der Waals surface area contributed by atoms with Crippen molar-refractivity contribution in [3.8, 4) is 0 Å². The van der Waals surface area contributed by atoms with Gasteiger partial charge in [-0.15, -0.1) is 0 Å². The van der Waals surface area contributed by atoms with E-state index in [4.69, 9.17) is 8.85 Å². The third kappa shape index (κ3) is 10.6. The van der Waals surface area contributed by atoms with Gasteiger partial charge in [-0.1, -0.05) is 51.9 Å². The lowest BCUT2D eigenvalue weighted by atomic mass is 10.1. The molecule has 0 atom stereocenters. The van der Waals surface area contributed by atoms with Crippen molar-refractivity contribution in [1.29, 1.82) is 0 Å². The molecule has 0 heterocycles. The van der Waals surface area contributed by atoms with Gasteiger partial charge in [-0.25, -0.2) is 0 Å². The van der Waals surface area contributed by atoms with Crippen LogP contribution in [-0.4, -0.2) is 22.5 Å². The highest BCUT2D eigenvalue weighted by atomic mass is 28.3. The Morgan fingerprint density at radius 1 is 0.688 bits per heavy atom. The van der Waals surface area contributed by atoms with Gasteiger partial charge in [0, 0.05) is 13.2 Å². The van der Waals surface area contributed by atoms with E-state index in [1.54, 1.807) is 0 Å². The summed E-state index contributed by atoms with van der Waals surface area (Å²) in [6, 6.07) is 1.19. The fourth-order valence-electron chi connectivity index (χ4n) is 1.85. The maximum absolute atomic E-state index is 5.64. The molecule has 0 unspecified atom stereocenters. The third-order valence-electron chi connectivity index (χ3n) is 2.75. The van der Waals surface area contributed by atoms with Gasteiger partial charge < -0.3 is 8.85 Å². The molecule has 2 nitrogen and oxygen atoms in total. The molecule has 0 aliphatic carbocycles. The van der Waals surface area contributed by atoms with E-state index in [1.807, 2.05) is 0 Å². The Hall–Kier alpha value is 0.137. The van der Waals surface area contributed by atoms with Crippen LogP contribution < -0.4 is 0 Å². The average molecular weight is 246 g/mol. The molecule has 0 spiro atoms. The van der Waals surface area contributed by atoms with Crippen molar-refractivity contribution in [2.75, 3.05) is 13.2 Å². The average Bonchev–Trinajstić information content (AvgIpc) is 2.28. The van der Waals surface area contributed by atoms with E-state index in [9.17, 15) is 0 Å². The number of hydrogen-bond acceptors (Lipinski definition) is 2. The summed E-state index contributed by atoms with van der Waals surface area (Å²) >= 11 is 0. The molecule has 0 aliphatic heterocycles. The van der Waals surface area contributed by atoms with Gasteiger partial charge in [0.05, 0.1) is 0 Å². The molecule has 98 valence electrons. The standard InChI is InChI=1S/C13H30O2Si/c1-4-7-8-9-10-11-12-13-16(14-5-2)15-6-3/h16H,4-13H2,1-3H3. The smallest absolute Gasteiger partial charge is 0.321 e. The fourth-order valence-corrected chi connectivity index (χ4v) is 3.65. The van der Waals surface area contributed by atoms with Gasteiger partial charge in [0.2, 0.25) is 0 Å². The quantitative estimate of drug-likeness (QED) is 0.382. The Morgan fingerprint density at radius 2 is 1.19 bits per heavy atom. The Kier molecular flexibility index (Phi) is 13.3. The fraction of sp³-hybridized carbons (Fsp3) is 1.00. The molecule has 0 fully saturated rings. The molecular formula is C13H30O2Si. The van der Waals surface area contributed by atoms with Crippen LogP contribution in [0.4, 0.5) is 0 Å². The van der Waals surface area contributed by atoms with Crippen molar-refractivity contribution in [2.45, 2.75) is 71.8 Å². The predicted octanol–water partition coefficient (Wildman–Crippen LogP) is 4.03. The first-order valence-corrected chi connectivity index (χ1v) is 8.84. The zero-order valence-electron chi connectivity index (χ0n) is 11.5. The maximum Gasteiger partial charge on any atom is 0.321 e. The van der Waals surface area contributed by atoms with Gasteiger partial charge in [0.1, 0.15) is 0 Å². The van der Waals surface area contributed by atoms with Gasteiger partial charge in [0.15, 0.2) is 0 Å². The second-order valence-corrected chi connectivity index (χ2v) is 6.35. The van der Waals surface area contributed by atoms with Crippen molar-refractivity contribution < 1.29 is 8.85 Å². The molecule has 0 aromatic heterocycles. The van der Waals surface area contributed by atoms with Crippen molar-refractivity contribution in [3.63, 3.8) is 0 Å². The summed E-state index contributed by atoms with van der Waals surface area (Å²) in [6.45, 7) is 8.01. The lowest BCUT2D eigenvalue weighted by Gasteiger charge is -2.14. The van der Waals surface area contributed by atoms with Crippen LogP contribution in [-0.2, 0) is 8.85 Å². The van der Waals surface area contributed by atoms with Gasteiger partial charge in [-0.3, -0.25) is 0 Å². The van der Waals surface area contributed by atoms with E-state index < -0.39 is 9.28 Å². The first kappa shape index (κ1) is 16.1. The van der Waals surface area contributed by atoms with E-state index >= 15 is 0 Å². The molecule has 0 amide bonds. The maximum atomic E-state index is 5.64. The van der Waals surface area contributed by atoms with Crippen molar-refractivity contribution in [2.24, 2.45) is 0 Å². The topological polar surface area (TPSA) is 18.5 Å². The van der Waals surface area contributed by atoms with Crippen LogP contribution in [0, 0.1) is 0 Å². The van der Waals surface area contributed by atoms with E-state index in [0.29, 0.717) is 0 Å². The molecule has 16 heavy (non-hydrogen) atoms. The van der Waals surface area contributed by atoms with Crippen molar-refractivity contribution in [3.05, 3.63) is 0 Å². The van der Waals surface area contributed by atoms with Crippen LogP contribution in [0.5, 0.6) is 0 Å². The number of unbranched alkanes of at least 4 members (excludes halogenated alkanes) is 6. The third-order valence-corrected chi connectivity index (χ3v) is 5.04. The lowest BCUT2D eigenvalue weighted by Crippen LogP contribution is -2.22. The molecule has 0 N–H and O–H groups in total. The van der Waals surface area contributed by atoms with Crippen LogP contribution in [0.15, 0.2) is 0 Å². The van der Waals surface area contributed by atoms with E-state index in [1.165, 1.54) is 51.0 Å². The normalized spacial score (nSPS) is 11.2. The first-order chi connectivity index (χ1) is 7.85. The molecule has 3 heteroatoms. The largest absolute Gasteiger partial charge is 0.397 e. The highest BCUT2D eigenvalue weighted by Crippen LogP contribution is 2.11. The van der Waals surface area contributed by atoms with E-state index in [0.717, 1.165) is 13.2 Å². The second kappa shape index (κ2) is 13.2. The number of rotatable bonds is 12. The van der Waals surface area contributed by atoms with Gasteiger partial charge in [-0.05, 0) is 19.9 Å². The van der Waals surface area contributed by atoms with E-state index in [-0.39, 0.29) is 0 Å². The van der Waals surface area contributed by atoms with Gasteiger partial charge in [-0.2, -0.15) is 0 Å². The highest BCUT2D eigenvalue weighted by Gasteiger charge is 2.10. The predicted molar refractivity (Wildman–Crippen MR) is 73.2 cm³/mol. The van der Waals surface area contributed by atoms with Crippen molar-refractivity contribution in [1.82, 2.24) is 0 Å². The monoisotopic (exact) mass is 246 g/mol. The van der Waals surface area contributed by atoms with Crippen LogP contribution in [0.3, 0.4) is 0 Å². The summed E-state index contributed by atoms with van der Waals surface area (Å²) < 4.78 is 11.3. The molecule has 0 radical (unpaired) electrons. The minimum absolute atomic E-state index is 0.813. The minimum Gasteiger partial charge on any atom is -0.397 e. The summed E-state index contributed by atoms with van der Waals surface area (Å²) in [7, 11) is -1.30. The van der Waals surface area contributed by atoms with E-state index in [2.05, 4.69) is 20.8 Å². The van der Waals surface area contributed by atoms with Crippen LogP contribution in [0.1, 0.15) is 65.7 Å². The Balaban J connectivity index is 3.25. The minimum atomic E-state index is -1.30. The molecule has 0 aliphatic rings. The zero-order valence-corrected chi connectivity index (χ0v) is 12.6. The number of hydrogen-bond donors (Lipinski definition) is 0. The highest BCUT2D eigenvalue weighted by molar-refractivity contribution is 6.44. The lowest BCUT2D eigenvalue weighted by molar-refractivity contribution is 0.212. The first-order valence-electron chi connectivity index (χ1n) is 7.08. The molecule has 0 aromatic carbocycles. The SMILES string of the molecule is CCCCCCCCC[SiH](OCC)OCC. The Labute approximate surface area is 104 Å². The molecule has 0 saturated carbocycles.